The molecule has 0 bridgehead atoms. The molecule has 0 amide bonds. The van der Waals surface area contributed by atoms with Gasteiger partial charge in [0.2, 0.25) is 0 Å². The highest BCUT2D eigenvalue weighted by atomic mass is 31.2. The van der Waals surface area contributed by atoms with Gasteiger partial charge in [0, 0.05) is 6.16 Å². The molecule has 0 heterocycles. The van der Waals surface area contributed by atoms with E-state index in [1.165, 1.54) is 0 Å². The fourth-order valence-electron chi connectivity index (χ4n) is 0.990. The van der Waals surface area contributed by atoms with E-state index < -0.39 is 21.0 Å². The van der Waals surface area contributed by atoms with Gasteiger partial charge in [-0.25, -0.2) is 0 Å². The van der Waals surface area contributed by atoms with Gasteiger partial charge >= 0.3 is 15.2 Å². The Balaban J connectivity index is 3.56. The highest BCUT2D eigenvalue weighted by Gasteiger charge is 2.25. The van der Waals surface area contributed by atoms with Crippen molar-refractivity contribution in [3.63, 3.8) is 0 Å². The Morgan fingerprint density at radius 1 is 0.933 bits per heavy atom. The largest absolute Gasteiger partial charge is 0.380 e. The lowest BCUT2D eigenvalue weighted by atomic mass is 10.2. The number of unbranched alkanes of at least 4 members (excludes halogenated alkanes) is 2. The second-order valence-corrected chi connectivity index (χ2v) is 6.86. The van der Waals surface area contributed by atoms with Crippen molar-refractivity contribution in [2.24, 2.45) is 0 Å². The van der Waals surface area contributed by atoms with E-state index in [-0.39, 0.29) is 19.0 Å². The average Bonchev–Trinajstić information content (AvgIpc) is 1.99. The zero-order valence-corrected chi connectivity index (χ0v) is 9.85. The van der Waals surface area contributed by atoms with E-state index in [0.29, 0.717) is 12.8 Å². The molecule has 0 aliphatic carbocycles. The van der Waals surface area contributed by atoms with Gasteiger partial charge in [-0.05, 0) is 12.8 Å². The topological polar surface area (TPSA) is 135 Å². The van der Waals surface area contributed by atoms with Crippen molar-refractivity contribution in [2.45, 2.75) is 31.5 Å². The van der Waals surface area contributed by atoms with Crippen LogP contribution in [0.5, 0.6) is 0 Å². The molecule has 0 radical (unpaired) electrons. The average molecular weight is 262 g/mol. The summed E-state index contributed by atoms with van der Waals surface area (Å²) in [4.78, 5) is 34.0. The first kappa shape index (κ1) is 15.3. The molecule has 92 valence electrons. The molecule has 0 aliphatic rings. The van der Waals surface area contributed by atoms with Crippen LogP contribution in [0.1, 0.15) is 25.7 Å². The van der Waals surface area contributed by atoms with E-state index in [1.54, 1.807) is 0 Å². The highest BCUT2D eigenvalue weighted by molar-refractivity contribution is 7.52. The summed E-state index contributed by atoms with van der Waals surface area (Å²) in [6, 6.07) is 0. The minimum Gasteiger partial charge on any atom is -0.380 e. The number of rotatable bonds is 7. The Labute approximate surface area is 87.5 Å². The third kappa shape index (κ3) is 9.20. The van der Waals surface area contributed by atoms with Gasteiger partial charge in [-0.3, -0.25) is 9.13 Å². The summed E-state index contributed by atoms with van der Waals surface area (Å²) >= 11 is 0. The van der Waals surface area contributed by atoms with Crippen LogP contribution in [0, 0.1) is 0 Å². The fourth-order valence-corrected chi connectivity index (χ4v) is 2.14. The predicted octanol–water partition coefficient (Wildman–Crippen LogP) is 0.221. The molecule has 0 aromatic carbocycles. The maximum absolute atomic E-state index is 10.5. The molecule has 0 spiro atoms. The molecule has 0 saturated heterocycles. The molecule has 0 fully saturated rings. The maximum atomic E-state index is 10.5. The molecule has 15 heavy (non-hydrogen) atoms. The molecule has 7 nitrogen and oxygen atoms in total. The standard InChI is InChI=1S/C6H16O7P2/c7-6(15(11,12)13)4-2-1-3-5-14(8,9)10/h6-7H,1-5H2,(H2,8,9,10)(H2,11,12,13). The molecular weight excluding hydrogens is 246 g/mol. The molecule has 0 rings (SSSR count). The normalized spacial score (nSPS) is 15.3. The van der Waals surface area contributed by atoms with Gasteiger partial charge in [0.25, 0.3) is 0 Å². The first-order chi connectivity index (χ1) is 6.63. The van der Waals surface area contributed by atoms with Crippen molar-refractivity contribution < 1.29 is 33.8 Å². The van der Waals surface area contributed by atoms with Crippen molar-refractivity contribution >= 4 is 15.2 Å². The minimum atomic E-state index is -4.44. The van der Waals surface area contributed by atoms with Gasteiger partial charge in [0.15, 0.2) is 5.85 Å². The second kappa shape index (κ2) is 6.11. The van der Waals surface area contributed by atoms with E-state index in [0.717, 1.165) is 0 Å². The number of hydrogen-bond acceptors (Lipinski definition) is 3. The van der Waals surface area contributed by atoms with Crippen LogP contribution in [0.2, 0.25) is 0 Å². The van der Waals surface area contributed by atoms with Crippen LogP contribution in [0.25, 0.3) is 0 Å². The Morgan fingerprint density at radius 2 is 1.47 bits per heavy atom. The lowest BCUT2D eigenvalue weighted by Crippen LogP contribution is -2.06. The van der Waals surface area contributed by atoms with Crippen molar-refractivity contribution in [3.05, 3.63) is 0 Å². The highest BCUT2D eigenvalue weighted by Crippen LogP contribution is 2.42. The smallest absolute Gasteiger partial charge is 0.353 e. The van der Waals surface area contributed by atoms with Crippen molar-refractivity contribution in [3.8, 4) is 0 Å². The number of aliphatic hydroxyl groups excluding tert-OH is 1. The third-order valence-corrected chi connectivity index (χ3v) is 3.73. The van der Waals surface area contributed by atoms with Crippen LogP contribution in [0.4, 0.5) is 0 Å². The molecule has 0 saturated carbocycles. The van der Waals surface area contributed by atoms with Crippen LogP contribution in [-0.2, 0) is 9.13 Å². The summed E-state index contributed by atoms with van der Waals surface area (Å²) in [7, 11) is -8.41. The summed E-state index contributed by atoms with van der Waals surface area (Å²) in [5, 5.41) is 8.93. The van der Waals surface area contributed by atoms with Gasteiger partial charge in [0.05, 0.1) is 0 Å². The lowest BCUT2D eigenvalue weighted by molar-refractivity contribution is 0.190. The second-order valence-electron chi connectivity index (χ2n) is 3.31. The zero-order chi connectivity index (χ0) is 12.1. The third-order valence-electron chi connectivity index (χ3n) is 1.80. The first-order valence-corrected chi connectivity index (χ1v) is 7.89. The quantitative estimate of drug-likeness (QED) is 0.327. The molecule has 1 unspecified atom stereocenters. The molecule has 0 aromatic heterocycles. The van der Waals surface area contributed by atoms with E-state index in [4.69, 9.17) is 24.7 Å². The lowest BCUT2D eigenvalue weighted by Gasteiger charge is -2.11. The Morgan fingerprint density at radius 3 is 1.87 bits per heavy atom. The molecule has 5 N–H and O–H groups in total. The predicted molar refractivity (Wildman–Crippen MR) is 53.4 cm³/mol. The zero-order valence-electron chi connectivity index (χ0n) is 8.06. The van der Waals surface area contributed by atoms with Crippen LogP contribution < -0.4 is 0 Å². The molecule has 0 aromatic rings. The van der Waals surface area contributed by atoms with Crippen LogP contribution in [0.15, 0.2) is 0 Å². The Bertz CT molecular complexity index is 267. The fraction of sp³-hybridized carbons (Fsp3) is 1.00. The van der Waals surface area contributed by atoms with Crippen LogP contribution in [-0.4, -0.2) is 36.7 Å². The first-order valence-electron chi connectivity index (χ1n) is 4.41. The molecule has 9 heteroatoms. The van der Waals surface area contributed by atoms with E-state index in [2.05, 4.69) is 0 Å². The van der Waals surface area contributed by atoms with Crippen LogP contribution in [0.3, 0.4) is 0 Å². The Hall–Kier alpha value is 0.260. The van der Waals surface area contributed by atoms with E-state index in [9.17, 15) is 9.13 Å². The monoisotopic (exact) mass is 262 g/mol. The Kier molecular flexibility index (Phi) is 6.21. The van der Waals surface area contributed by atoms with Gasteiger partial charge in [-0.15, -0.1) is 0 Å². The SMILES string of the molecule is O=P(O)(O)CCCCCC(O)P(=O)(O)O. The molecule has 0 aliphatic heterocycles. The van der Waals surface area contributed by atoms with Crippen molar-refractivity contribution in [1.29, 1.82) is 0 Å². The summed E-state index contributed by atoms with van der Waals surface area (Å²) in [5.74, 6) is -1.67. The van der Waals surface area contributed by atoms with Crippen molar-refractivity contribution in [2.75, 3.05) is 6.16 Å². The molecular formula is C6H16O7P2. The maximum Gasteiger partial charge on any atom is 0.353 e. The van der Waals surface area contributed by atoms with E-state index >= 15 is 0 Å². The number of aliphatic hydroxyl groups is 1. The summed E-state index contributed by atoms with van der Waals surface area (Å²) < 4.78 is 20.9. The van der Waals surface area contributed by atoms with Crippen molar-refractivity contribution in [1.82, 2.24) is 0 Å². The van der Waals surface area contributed by atoms with Gasteiger partial charge in [-0.1, -0.05) is 12.8 Å². The number of hydrogen-bond donors (Lipinski definition) is 5. The summed E-state index contributed by atoms with van der Waals surface area (Å²) in [5.41, 5.74) is 0. The van der Waals surface area contributed by atoms with E-state index in [1.807, 2.05) is 0 Å². The van der Waals surface area contributed by atoms with Crippen LogP contribution >= 0.6 is 15.2 Å². The summed E-state index contributed by atoms with van der Waals surface area (Å²) in [6.45, 7) is 0. The van der Waals surface area contributed by atoms with Gasteiger partial charge < -0.3 is 24.7 Å². The minimum absolute atomic E-state index is 0.0641. The summed E-state index contributed by atoms with van der Waals surface area (Å²) in [6.07, 6.45) is 0.719. The molecule has 1 atom stereocenters. The van der Waals surface area contributed by atoms with Gasteiger partial charge in [0.1, 0.15) is 0 Å². The van der Waals surface area contributed by atoms with Gasteiger partial charge in [-0.2, -0.15) is 0 Å².